The van der Waals surface area contributed by atoms with Gasteiger partial charge in [0.1, 0.15) is 5.75 Å². The summed E-state index contributed by atoms with van der Waals surface area (Å²) in [5.41, 5.74) is 0.898. The average Bonchev–Trinajstić information content (AvgIpc) is 2.23. The zero-order valence-electron chi connectivity index (χ0n) is 8.07. The lowest BCUT2D eigenvalue weighted by Crippen LogP contribution is -2.04. The summed E-state index contributed by atoms with van der Waals surface area (Å²) in [5.74, 6) is -0.400. The summed E-state index contributed by atoms with van der Waals surface area (Å²) in [6.45, 7) is 3.55. The zero-order valence-corrected chi connectivity index (χ0v) is 8.83. The summed E-state index contributed by atoms with van der Waals surface area (Å²) in [6, 6.07) is 4.87. The fraction of sp³-hybridized carbons (Fsp3) is 0.182. The van der Waals surface area contributed by atoms with Crippen LogP contribution in [0, 0.1) is 0 Å². The minimum absolute atomic E-state index is 0.0449. The van der Waals surface area contributed by atoms with Gasteiger partial charge in [0, 0.05) is 12.5 Å². The van der Waals surface area contributed by atoms with Crippen LogP contribution >= 0.6 is 11.6 Å². The third kappa shape index (κ3) is 3.64. The molecule has 0 atom stereocenters. The van der Waals surface area contributed by atoms with Gasteiger partial charge in [0.2, 0.25) is 0 Å². The van der Waals surface area contributed by atoms with Gasteiger partial charge in [-0.3, -0.25) is 0 Å². The van der Waals surface area contributed by atoms with Gasteiger partial charge in [-0.25, -0.2) is 4.79 Å². The second-order valence-corrected chi connectivity index (χ2v) is 3.31. The standard InChI is InChI=1S/C11H11ClO3/c1-2-11(14)15-6-5-8-3-4-10(13)9(12)7-8/h2-4,7,13H,1,5-6H2. The van der Waals surface area contributed by atoms with Crippen molar-refractivity contribution in [3.05, 3.63) is 41.4 Å². The van der Waals surface area contributed by atoms with Gasteiger partial charge in [0.05, 0.1) is 11.6 Å². The Labute approximate surface area is 92.9 Å². The Morgan fingerprint density at radius 3 is 2.93 bits per heavy atom. The Morgan fingerprint density at radius 1 is 1.60 bits per heavy atom. The summed E-state index contributed by atoms with van der Waals surface area (Å²) >= 11 is 5.71. The number of esters is 1. The molecule has 1 rings (SSSR count). The van der Waals surface area contributed by atoms with E-state index in [1.54, 1.807) is 12.1 Å². The van der Waals surface area contributed by atoms with E-state index in [-0.39, 0.29) is 12.4 Å². The molecule has 0 aliphatic carbocycles. The molecule has 15 heavy (non-hydrogen) atoms. The lowest BCUT2D eigenvalue weighted by atomic mass is 10.1. The van der Waals surface area contributed by atoms with Crippen molar-refractivity contribution >= 4 is 17.6 Å². The highest BCUT2D eigenvalue weighted by Gasteiger charge is 2.01. The first-order valence-corrected chi connectivity index (χ1v) is 4.78. The second kappa shape index (κ2) is 5.41. The van der Waals surface area contributed by atoms with Crippen LogP contribution in [-0.2, 0) is 16.0 Å². The first-order valence-electron chi connectivity index (χ1n) is 4.40. The highest BCUT2D eigenvalue weighted by Crippen LogP contribution is 2.23. The van der Waals surface area contributed by atoms with Crippen LogP contribution in [0.1, 0.15) is 5.56 Å². The van der Waals surface area contributed by atoms with Gasteiger partial charge < -0.3 is 9.84 Å². The molecule has 0 radical (unpaired) electrons. The van der Waals surface area contributed by atoms with Crippen LogP contribution in [0.4, 0.5) is 0 Å². The summed E-state index contributed by atoms with van der Waals surface area (Å²) in [4.78, 5) is 10.7. The minimum atomic E-state index is -0.445. The monoisotopic (exact) mass is 226 g/mol. The number of ether oxygens (including phenoxy) is 1. The molecule has 1 aromatic carbocycles. The molecule has 0 saturated heterocycles. The first kappa shape index (κ1) is 11.6. The highest BCUT2D eigenvalue weighted by molar-refractivity contribution is 6.32. The van der Waals surface area contributed by atoms with E-state index in [0.29, 0.717) is 11.4 Å². The number of hydrogen-bond acceptors (Lipinski definition) is 3. The molecule has 0 saturated carbocycles. The molecule has 0 unspecified atom stereocenters. The molecule has 0 spiro atoms. The average molecular weight is 227 g/mol. The first-order chi connectivity index (χ1) is 7.13. The fourth-order valence-electron chi connectivity index (χ4n) is 1.03. The van der Waals surface area contributed by atoms with Gasteiger partial charge >= 0.3 is 5.97 Å². The molecule has 3 nitrogen and oxygen atoms in total. The maximum absolute atomic E-state index is 10.7. The van der Waals surface area contributed by atoms with E-state index >= 15 is 0 Å². The molecular formula is C11H11ClO3. The van der Waals surface area contributed by atoms with Crippen molar-refractivity contribution in [2.75, 3.05) is 6.61 Å². The van der Waals surface area contributed by atoms with Crippen LogP contribution in [0.25, 0.3) is 0 Å². The molecule has 0 aliphatic heterocycles. The van der Waals surface area contributed by atoms with Crippen molar-refractivity contribution in [2.45, 2.75) is 6.42 Å². The molecule has 1 N–H and O–H groups in total. The number of halogens is 1. The smallest absolute Gasteiger partial charge is 0.330 e. The van der Waals surface area contributed by atoms with Gasteiger partial charge in [-0.2, -0.15) is 0 Å². The molecule has 0 aliphatic rings. The van der Waals surface area contributed by atoms with E-state index in [4.69, 9.17) is 21.4 Å². The summed E-state index contributed by atoms with van der Waals surface area (Å²) < 4.78 is 4.80. The molecule has 0 amide bonds. The number of carbonyl (C=O) groups excluding carboxylic acids is 1. The topological polar surface area (TPSA) is 46.5 Å². The fourth-order valence-corrected chi connectivity index (χ4v) is 1.24. The van der Waals surface area contributed by atoms with Crippen molar-refractivity contribution in [2.24, 2.45) is 0 Å². The number of aromatic hydroxyl groups is 1. The summed E-state index contributed by atoms with van der Waals surface area (Å²) in [5, 5.41) is 9.46. The number of phenolic OH excluding ortho intramolecular Hbond substituents is 1. The summed E-state index contributed by atoms with van der Waals surface area (Å²) in [6.07, 6.45) is 1.67. The van der Waals surface area contributed by atoms with Gasteiger partial charge in [0.15, 0.2) is 0 Å². The van der Waals surface area contributed by atoms with Crippen LogP contribution in [0.3, 0.4) is 0 Å². The molecule has 1 aromatic rings. The van der Waals surface area contributed by atoms with Crippen molar-refractivity contribution in [1.82, 2.24) is 0 Å². The Balaban J connectivity index is 2.48. The van der Waals surface area contributed by atoms with Gasteiger partial charge in [-0.15, -0.1) is 0 Å². The SMILES string of the molecule is C=CC(=O)OCCc1ccc(O)c(Cl)c1. The van der Waals surface area contributed by atoms with Crippen molar-refractivity contribution in [3.63, 3.8) is 0 Å². The van der Waals surface area contributed by atoms with E-state index in [1.165, 1.54) is 6.07 Å². The Bertz CT molecular complexity index is 374. The van der Waals surface area contributed by atoms with E-state index in [0.717, 1.165) is 11.6 Å². The molecule has 0 heterocycles. The third-order valence-electron chi connectivity index (χ3n) is 1.81. The van der Waals surface area contributed by atoms with E-state index in [1.807, 2.05) is 0 Å². The number of phenols is 1. The van der Waals surface area contributed by atoms with E-state index in [9.17, 15) is 4.79 Å². The van der Waals surface area contributed by atoms with E-state index < -0.39 is 5.97 Å². The van der Waals surface area contributed by atoms with Crippen molar-refractivity contribution < 1.29 is 14.6 Å². The van der Waals surface area contributed by atoms with Crippen LogP contribution in [0.5, 0.6) is 5.75 Å². The lowest BCUT2D eigenvalue weighted by Gasteiger charge is -2.03. The van der Waals surface area contributed by atoms with Crippen molar-refractivity contribution in [3.8, 4) is 5.75 Å². The van der Waals surface area contributed by atoms with Crippen LogP contribution in [0.2, 0.25) is 5.02 Å². The third-order valence-corrected chi connectivity index (χ3v) is 2.12. The summed E-state index contributed by atoms with van der Waals surface area (Å²) in [7, 11) is 0. The molecule has 0 aromatic heterocycles. The van der Waals surface area contributed by atoms with Gasteiger partial charge in [-0.05, 0) is 17.7 Å². The van der Waals surface area contributed by atoms with Crippen LogP contribution in [0.15, 0.2) is 30.9 Å². The molecular weight excluding hydrogens is 216 g/mol. The van der Waals surface area contributed by atoms with E-state index in [2.05, 4.69) is 6.58 Å². The second-order valence-electron chi connectivity index (χ2n) is 2.91. The zero-order chi connectivity index (χ0) is 11.3. The van der Waals surface area contributed by atoms with Crippen LogP contribution < -0.4 is 0 Å². The Morgan fingerprint density at radius 2 is 2.33 bits per heavy atom. The lowest BCUT2D eigenvalue weighted by molar-refractivity contribution is -0.137. The highest BCUT2D eigenvalue weighted by atomic mass is 35.5. The Kier molecular flexibility index (Phi) is 4.18. The molecule has 0 fully saturated rings. The maximum atomic E-state index is 10.7. The molecule has 80 valence electrons. The van der Waals surface area contributed by atoms with Crippen LogP contribution in [-0.4, -0.2) is 17.7 Å². The number of hydrogen-bond donors (Lipinski definition) is 1. The van der Waals surface area contributed by atoms with Gasteiger partial charge in [0.25, 0.3) is 0 Å². The number of benzene rings is 1. The predicted molar refractivity (Wildman–Crippen MR) is 58.0 cm³/mol. The quantitative estimate of drug-likeness (QED) is 0.633. The Hall–Kier alpha value is -1.48. The predicted octanol–water partition coefficient (Wildman–Crippen LogP) is 2.32. The molecule has 0 bridgehead atoms. The number of rotatable bonds is 4. The maximum Gasteiger partial charge on any atom is 0.330 e. The van der Waals surface area contributed by atoms with Crippen molar-refractivity contribution in [1.29, 1.82) is 0 Å². The molecule has 4 heteroatoms. The largest absolute Gasteiger partial charge is 0.506 e. The minimum Gasteiger partial charge on any atom is -0.506 e. The number of carbonyl (C=O) groups is 1. The van der Waals surface area contributed by atoms with Gasteiger partial charge in [-0.1, -0.05) is 24.2 Å². The normalized spacial score (nSPS) is 9.67.